The molecule has 1 saturated heterocycles. The molecule has 0 aromatic heterocycles. The molecular formula is C19H22N2O4S. The lowest BCUT2D eigenvalue weighted by Crippen LogP contribution is -2.35. The number of nitrogens with one attached hydrogen (secondary N) is 2. The van der Waals surface area contributed by atoms with Gasteiger partial charge in [0.1, 0.15) is 0 Å². The fourth-order valence-electron chi connectivity index (χ4n) is 2.79. The smallest absolute Gasteiger partial charge is 0.251 e. The van der Waals surface area contributed by atoms with E-state index < -0.39 is 10.0 Å². The van der Waals surface area contributed by atoms with Crippen LogP contribution < -0.4 is 10.0 Å². The van der Waals surface area contributed by atoms with Crippen molar-refractivity contribution in [3.05, 3.63) is 65.7 Å². The lowest BCUT2D eigenvalue weighted by Gasteiger charge is -2.12. The summed E-state index contributed by atoms with van der Waals surface area (Å²) < 4.78 is 32.7. The highest BCUT2D eigenvalue weighted by molar-refractivity contribution is 7.89. The SMILES string of the molecule is O=C(NCCc1ccccc1)c1cccc(S(=O)(=O)NC2CCOC2)c1. The van der Waals surface area contributed by atoms with Crippen LogP contribution in [0.3, 0.4) is 0 Å². The number of rotatable bonds is 7. The normalized spacial score (nSPS) is 17.2. The van der Waals surface area contributed by atoms with Gasteiger partial charge in [-0.05, 0) is 36.6 Å². The Bertz CT molecular complexity index is 847. The minimum atomic E-state index is -3.67. The van der Waals surface area contributed by atoms with Crippen molar-refractivity contribution in [1.29, 1.82) is 0 Å². The number of hydrogen-bond donors (Lipinski definition) is 2. The lowest BCUT2D eigenvalue weighted by atomic mass is 10.1. The molecule has 7 heteroatoms. The van der Waals surface area contributed by atoms with Gasteiger partial charge in [0.2, 0.25) is 10.0 Å². The van der Waals surface area contributed by atoms with Crippen LogP contribution in [0, 0.1) is 0 Å². The minimum absolute atomic E-state index is 0.0834. The minimum Gasteiger partial charge on any atom is -0.380 e. The van der Waals surface area contributed by atoms with Crippen LogP contribution in [0.4, 0.5) is 0 Å². The molecule has 3 rings (SSSR count). The van der Waals surface area contributed by atoms with Crippen molar-refractivity contribution in [2.45, 2.75) is 23.8 Å². The number of carbonyl (C=O) groups is 1. The maximum atomic E-state index is 12.5. The Labute approximate surface area is 153 Å². The molecule has 138 valence electrons. The molecule has 0 bridgehead atoms. The Morgan fingerprint density at radius 1 is 1.12 bits per heavy atom. The van der Waals surface area contributed by atoms with E-state index in [0.29, 0.717) is 38.2 Å². The second kappa shape index (κ2) is 8.44. The van der Waals surface area contributed by atoms with E-state index in [4.69, 9.17) is 4.74 Å². The van der Waals surface area contributed by atoms with Crippen LogP contribution in [0.15, 0.2) is 59.5 Å². The van der Waals surface area contributed by atoms with Crippen LogP contribution in [-0.4, -0.2) is 40.1 Å². The van der Waals surface area contributed by atoms with Crippen LogP contribution >= 0.6 is 0 Å². The van der Waals surface area contributed by atoms with Gasteiger partial charge in [0.15, 0.2) is 0 Å². The molecule has 2 N–H and O–H groups in total. The first kappa shape index (κ1) is 18.6. The van der Waals surface area contributed by atoms with Gasteiger partial charge in [-0.15, -0.1) is 0 Å². The van der Waals surface area contributed by atoms with Crippen molar-refractivity contribution >= 4 is 15.9 Å². The van der Waals surface area contributed by atoms with Crippen LogP contribution in [0.5, 0.6) is 0 Å². The first-order chi connectivity index (χ1) is 12.5. The van der Waals surface area contributed by atoms with Gasteiger partial charge in [-0.1, -0.05) is 36.4 Å². The Balaban J connectivity index is 1.61. The lowest BCUT2D eigenvalue weighted by molar-refractivity contribution is 0.0954. The van der Waals surface area contributed by atoms with E-state index in [2.05, 4.69) is 10.0 Å². The molecule has 0 spiro atoms. The van der Waals surface area contributed by atoms with Gasteiger partial charge in [-0.2, -0.15) is 0 Å². The first-order valence-electron chi connectivity index (χ1n) is 8.57. The molecule has 1 fully saturated rings. The highest BCUT2D eigenvalue weighted by Gasteiger charge is 2.24. The molecule has 0 aliphatic carbocycles. The van der Waals surface area contributed by atoms with Crippen LogP contribution in [0.2, 0.25) is 0 Å². The maximum absolute atomic E-state index is 12.5. The number of hydrogen-bond acceptors (Lipinski definition) is 4. The maximum Gasteiger partial charge on any atom is 0.251 e. The van der Waals surface area contributed by atoms with E-state index in [9.17, 15) is 13.2 Å². The summed E-state index contributed by atoms with van der Waals surface area (Å²) in [7, 11) is -3.67. The van der Waals surface area contributed by atoms with E-state index >= 15 is 0 Å². The summed E-state index contributed by atoms with van der Waals surface area (Å²) in [6.45, 7) is 1.41. The zero-order chi connectivity index (χ0) is 18.4. The molecule has 1 unspecified atom stereocenters. The highest BCUT2D eigenvalue weighted by Crippen LogP contribution is 2.14. The summed E-state index contributed by atoms with van der Waals surface area (Å²) >= 11 is 0. The van der Waals surface area contributed by atoms with Crippen molar-refractivity contribution in [1.82, 2.24) is 10.0 Å². The molecule has 1 aliphatic heterocycles. The molecule has 0 saturated carbocycles. The summed E-state index contributed by atoms with van der Waals surface area (Å²) in [6.07, 6.45) is 1.37. The standard InChI is InChI=1S/C19H22N2O4S/c22-19(20-11-9-15-5-2-1-3-6-15)16-7-4-8-18(13-16)26(23,24)21-17-10-12-25-14-17/h1-8,13,17,21H,9-12,14H2,(H,20,22). The second-order valence-corrected chi connectivity index (χ2v) is 7.92. The van der Waals surface area contributed by atoms with Crippen LogP contribution in [0.1, 0.15) is 22.3 Å². The molecule has 0 radical (unpaired) electrons. The Morgan fingerprint density at radius 2 is 1.92 bits per heavy atom. The topological polar surface area (TPSA) is 84.5 Å². The van der Waals surface area contributed by atoms with Crippen molar-refractivity contribution < 1.29 is 17.9 Å². The fourth-order valence-corrected chi connectivity index (χ4v) is 4.09. The number of ether oxygens (including phenoxy) is 1. The van der Waals surface area contributed by atoms with Gasteiger partial charge in [0.25, 0.3) is 5.91 Å². The largest absolute Gasteiger partial charge is 0.380 e. The Hall–Kier alpha value is -2.22. The molecule has 26 heavy (non-hydrogen) atoms. The summed E-state index contributed by atoms with van der Waals surface area (Å²) in [5.41, 5.74) is 1.45. The van der Waals surface area contributed by atoms with E-state index in [1.54, 1.807) is 12.1 Å². The summed E-state index contributed by atoms with van der Waals surface area (Å²) in [4.78, 5) is 12.4. The Morgan fingerprint density at radius 3 is 2.65 bits per heavy atom. The van der Waals surface area contributed by atoms with E-state index in [1.165, 1.54) is 12.1 Å². The molecule has 2 aromatic carbocycles. The zero-order valence-corrected chi connectivity index (χ0v) is 15.2. The molecule has 1 amide bonds. The summed E-state index contributed by atoms with van der Waals surface area (Å²) in [5, 5.41) is 2.83. The average molecular weight is 374 g/mol. The number of amides is 1. The van der Waals surface area contributed by atoms with Gasteiger partial charge in [-0.3, -0.25) is 4.79 Å². The molecule has 1 heterocycles. The highest BCUT2D eigenvalue weighted by atomic mass is 32.2. The Kier molecular flexibility index (Phi) is 6.03. The van der Waals surface area contributed by atoms with E-state index in [-0.39, 0.29) is 16.8 Å². The van der Waals surface area contributed by atoms with Gasteiger partial charge in [-0.25, -0.2) is 13.1 Å². The number of carbonyl (C=O) groups excluding carboxylic acids is 1. The third-order valence-electron chi connectivity index (χ3n) is 4.20. The molecular weight excluding hydrogens is 352 g/mol. The second-order valence-electron chi connectivity index (χ2n) is 6.20. The van der Waals surface area contributed by atoms with E-state index in [1.807, 2.05) is 30.3 Å². The van der Waals surface area contributed by atoms with Crippen LogP contribution in [0.25, 0.3) is 0 Å². The van der Waals surface area contributed by atoms with Crippen LogP contribution in [-0.2, 0) is 21.2 Å². The summed E-state index contributed by atoms with van der Waals surface area (Å²) in [6, 6.07) is 15.7. The molecule has 2 aromatic rings. The molecule has 1 atom stereocenters. The van der Waals surface area contributed by atoms with Crippen molar-refractivity contribution in [2.75, 3.05) is 19.8 Å². The zero-order valence-electron chi connectivity index (χ0n) is 14.4. The number of sulfonamides is 1. The monoisotopic (exact) mass is 374 g/mol. The van der Waals surface area contributed by atoms with Gasteiger partial charge in [0, 0.05) is 24.8 Å². The van der Waals surface area contributed by atoms with Gasteiger partial charge in [0.05, 0.1) is 11.5 Å². The summed E-state index contributed by atoms with van der Waals surface area (Å²) in [5.74, 6) is -0.290. The first-order valence-corrected chi connectivity index (χ1v) is 10.1. The fraction of sp³-hybridized carbons (Fsp3) is 0.316. The molecule has 6 nitrogen and oxygen atoms in total. The van der Waals surface area contributed by atoms with E-state index in [0.717, 1.165) is 5.56 Å². The third kappa shape index (κ3) is 4.91. The predicted octanol–water partition coefficient (Wildman–Crippen LogP) is 1.73. The third-order valence-corrected chi connectivity index (χ3v) is 5.72. The number of benzene rings is 2. The van der Waals surface area contributed by atoms with Gasteiger partial charge < -0.3 is 10.1 Å². The van der Waals surface area contributed by atoms with Gasteiger partial charge >= 0.3 is 0 Å². The predicted molar refractivity (Wildman–Crippen MR) is 98.5 cm³/mol. The average Bonchev–Trinajstić information content (AvgIpc) is 3.15. The molecule has 1 aliphatic rings. The van der Waals surface area contributed by atoms with Crippen molar-refractivity contribution in [3.63, 3.8) is 0 Å². The quantitative estimate of drug-likeness (QED) is 0.773. The van der Waals surface area contributed by atoms with Crippen molar-refractivity contribution in [2.24, 2.45) is 0 Å². The van der Waals surface area contributed by atoms with Crippen molar-refractivity contribution in [3.8, 4) is 0 Å².